The Morgan fingerprint density at radius 3 is 2.50 bits per heavy atom. The summed E-state index contributed by atoms with van der Waals surface area (Å²) in [6.45, 7) is 4.98. The van der Waals surface area contributed by atoms with E-state index in [-0.39, 0.29) is 5.92 Å². The summed E-state index contributed by atoms with van der Waals surface area (Å²) in [5.74, 6) is 0.201. The highest BCUT2D eigenvalue weighted by molar-refractivity contribution is 4.83. The van der Waals surface area contributed by atoms with Gasteiger partial charge in [0.15, 0.2) is 0 Å². The van der Waals surface area contributed by atoms with Gasteiger partial charge < -0.3 is 15.6 Å². The molecule has 0 saturated carbocycles. The topological polar surface area (TPSA) is 55.5 Å². The van der Waals surface area contributed by atoms with Crippen LogP contribution in [0.3, 0.4) is 0 Å². The predicted molar refractivity (Wildman–Crippen MR) is 50.0 cm³/mol. The number of hydrogen-bond donors (Lipinski definition) is 2. The van der Waals surface area contributed by atoms with E-state index >= 15 is 0 Å². The normalized spacial score (nSPS) is 18.8. The summed E-state index contributed by atoms with van der Waals surface area (Å²) in [6, 6.07) is 0. The van der Waals surface area contributed by atoms with Crippen LogP contribution in [-0.4, -0.2) is 31.0 Å². The maximum Gasteiger partial charge on any atom is 0.0792 e. The van der Waals surface area contributed by atoms with Crippen molar-refractivity contribution in [2.75, 3.05) is 20.3 Å². The minimum atomic E-state index is -0.710. The molecule has 0 fully saturated rings. The number of hydrogen-bond acceptors (Lipinski definition) is 3. The molecule has 0 heterocycles. The molecule has 3 N–H and O–H groups in total. The monoisotopic (exact) mass is 175 g/mol. The highest BCUT2D eigenvalue weighted by Crippen LogP contribution is 2.22. The van der Waals surface area contributed by atoms with E-state index in [1.54, 1.807) is 7.11 Å². The van der Waals surface area contributed by atoms with Crippen LogP contribution < -0.4 is 5.73 Å². The van der Waals surface area contributed by atoms with E-state index in [0.717, 1.165) is 6.42 Å². The van der Waals surface area contributed by atoms with Gasteiger partial charge in [-0.25, -0.2) is 0 Å². The second-order valence-corrected chi connectivity index (χ2v) is 3.34. The molecule has 0 aliphatic heterocycles. The zero-order valence-corrected chi connectivity index (χ0v) is 8.34. The average Bonchev–Trinajstić information content (AvgIpc) is 2.12. The molecule has 0 aromatic carbocycles. The van der Waals surface area contributed by atoms with E-state index in [1.807, 2.05) is 13.8 Å². The van der Waals surface area contributed by atoms with Gasteiger partial charge in [-0.05, 0) is 18.8 Å². The van der Waals surface area contributed by atoms with Crippen molar-refractivity contribution in [2.45, 2.75) is 32.3 Å². The van der Waals surface area contributed by atoms with Gasteiger partial charge in [0.1, 0.15) is 0 Å². The maximum absolute atomic E-state index is 9.94. The fourth-order valence-corrected chi connectivity index (χ4v) is 1.26. The van der Waals surface area contributed by atoms with Gasteiger partial charge in [-0.15, -0.1) is 0 Å². The van der Waals surface area contributed by atoms with Gasteiger partial charge in [0.05, 0.1) is 5.60 Å². The zero-order chi connectivity index (χ0) is 9.61. The van der Waals surface area contributed by atoms with Crippen molar-refractivity contribution in [2.24, 2.45) is 11.7 Å². The molecule has 0 saturated heterocycles. The molecule has 0 aliphatic carbocycles. The SMILES string of the molecule is CCC(O)(CN)C(C)CCOC. The highest BCUT2D eigenvalue weighted by Gasteiger charge is 2.29. The van der Waals surface area contributed by atoms with E-state index in [2.05, 4.69) is 0 Å². The predicted octanol–water partition coefficient (Wildman–Crippen LogP) is 0.759. The van der Waals surface area contributed by atoms with Crippen molar-refractivity contribution < 1.29 is 9.84 Å². The number of nitrogens with two attached hydrogens (primary N) is 1. The average molecular weight is 175 g/mol. The van der Waals surface area contributed by atoms with E-state index < -0.39 is 5.60 Å². The summed E-state index contributed by atoms with van der Waals surface area (Å²) in [5, 5.41) is 9.94. The first-order valence-electron chi connectivity index (χ1n) is 4.52. The summed E-state index contributed by atoms with van der Waals surface area (Å²) in [6.07, 6.45) is 1.56. The van der Waals surface area contributed by atoms with Crippen molar-refractivity contribution in [1.82, 2.24) is 0 Å². The molecule has 0 aromatic heterocycles. The van der Waals surface area contributed by atoms with Crippen LogP contribution in [0.4, 0.5) is 0 Å². The summed E-state index contributed by atoms with van der Waals surface area (Å²) < 4.78 is 4.94. The van der Waals surface area contributed by atoms with Crippen molar-refractivity contribution in [3.8, 4) is 0 Å². The van der Waals surface area contributed by atoms with Gasteiger partial charge in [0.25, 0.3) is 0 Å². The van der Waals surface area contributed by atoms with Gasteiger partial charge in [0, 0.05) is 20.3 Å². The molecule has 0 radical (unpaired) electrons. The smallest absolute Gasteiger partial charge is 0.0792 e. The van der Waals surface area contributed by atoms with Gasteiger partial charge >= 0.3 is 0 Å². The lowest BCUT2D eigenvalue weighted by molar-refractivity contribution is -0.0178. The van der Waals surface area contributed by atoms with Crippen LogP contribution in [0, 0.1) is 5.92 Å². The van der Waals surface area contributed by atoms with Crippen LogP contribution in [0.25, 0.3) is 0 Å². The Hall–Kier alpha value is -0.120. The van der Waals surface area contributed by atoms with E-state index in [0.29, 0.717) is 19.6 Å². The standard InChI is InChI=1S/C9H21NO2/c1-4-9(11,7-10)8(2)5-6-12-3/h8,11H,4-7,10H2,1-3H3. The van der Waals surface area contributed by atoms with Crippen LogP contribution in [0.15, 0.2) is 0 Å². The van der Waals surface area contributed by atoms with Gasteiger partial charge in [-0.2, -0.15) is 0 Å². The van der Waals surface area contributed by atoms with Crippen LogP contribution in [0.5, 0.6) is 0 Å². The van der Waals surface area contributed by atoms with Crippen LogP contribution in [-0.2, 0) is 4.74 Å². The molecule has 0 amide bonds. The summed E-state index contributed by atoms with van der Waals surface area (Å²) >= 11 is 0. The van der Waals surface area contributed by atoms with Crippen molar-refractivity contribution >= 4 is 0 Å². The molecule has 0 aliphatic rings. The summed E-state index contributed by atoms with van der Waals surface area (Å²) in [7, 11) is 1.67. The van der Waals surface area contributed by atoms with Crippen molar-refractivity contribution in [3.05, 3.63) is 0 Å². The third-order valence-corrected chi connectivity index (χ3v) is 2.64. The van der Waals surface area contributed by atoms with Crippen molar-refractivity contribution in [3.63, 3.8) is 0 Å². The van der Waals surface area contributed by atoms with Crippen molar-refractivity contribution in [1.29, 1.82) is 0 Å². The first-order valence-corrected chi connectivity index (χ1v) is 4.52. The number of ether oxygens (including phenoxy) is 1. The third-order valence-electron chi connectivity index (χ3n) is 2.64. The van der Waals surface area contributed by atoms with Gasteiger partial charge in [-0.1, -0.05) is 13.8 Å². The largest absolute Gasteiger partial charge is 0.388 e. The molecule has 3 nitrogen and oxygen atoms in total. The first kappa shape index (κ1) is 11.9. The zero-order valence-electron chi connectivity index (χ0n) is 8.34. The minimum absolute atomic E-state index is 0.201. The molecule has 2 atom stereocenters. The lowest BCUT2D eigenvalue weighted by atomic mass is 9.84. The quantitative estimate of drug-likeness (QED) is 0.626. The van der Waals surface area contributed by atoms with Crippen LogP contribution in [0.1, 0.15) is 26.7 Å². The molecule has 3 heteroatoms. The molecule has 0 rings (SSSR count). The fraction of sp³-hybridized carbons (Fsp3) is 1.00. The lowest BCUT2D eigenvalue weighted by Gasteiger charge is -2.31. The Kier molecular flexibility index (Phi) is 5.46. The Labute approximate surface area is 74.9 Å². The first-order chi connectivity index (χ1) is 5.60. The maximum atomic E-state index is 9.94. The van der Waals surface area contributed by atoms with E-state index in [4.69, 9.17) is 10.5 Å². The lowest BCUT2D eigenvalue weighted by Crippen LogP contribution is -2.43. The fourth-order valence-electron chi connectivity index (χ4n) is 1.26. The molecule has 2 unspecified atom stereocenters. The Balaban J connectivity index is 3.93. The molecular formula is C9H21NO2. The van der Waals surface area contributed by atoms with Gasteiger partial charge in [0.2, 0.25) is 0 Å². The molecule has 0 bridgehead atoms. The molecule has 12 heavy (non-hydrogen) atoms. The van der Waals surface area contributed by atoms with Crippen LogP contribution >= 0.6 is 0 Å². The molecule has 74 valence electrons. The second kappa shape index (κ2) is 5.51. The van der Waals surface area contributed by atoms with E-state index in [1.165, 1.54) is 0 Å². The molecular weight excluding hydrogens is 154 g/mol. The van der Waals surface area contributed by atoms with Crippen LogP contribution in [0.2, 0.25) is 0 Å². The number of aliphatic hydroxyl groups is 1. The highest BCUT2D eigenvalue weighted by atomic mass is 16.5. The van der Waals surface area contributed by atoms with E-state index in [9.17, 15) is 5.11 Å². The van der Waals surface area contributed by atoms with Gasteiger partial charge in [-0.3, -0.25) is 0 Å². The Morgan fingerprint density at radius 1 is 1.58 bits per heavy atom. The summed E-state index contributed by atoms with van der Waals surface area (Å²) in [4.78, 5) is 0. The number of rotatable bonds is 6. The second-order valence-electron chi connectivity index (χ2n) is 3.34. The molecule has 0 aromatic rings. The number of methoxy groups -OCH3 is 1. The summed E-state index contributed by atoms with van der Waals surface area (Å²) in [5.41, 5.74) is 4.79. The minimum Gasteiger partial charge on any atom is -0.388 e. The molecule has 0 spiro atoms. The Morgan fingerprint density at radius 2 is 2.17 bits per heavy atom. The Bertz CT molecular complexity index is 113. The third kappa shape index (κ3) is 3.09.